The number of hydrogen-bond donors (Lipinski definition) is 1. The van der Waals surface area contributed by atoms with E-state index in [-0.39, 0.29) is 5.41 Å². The van der Waals surface area contributed by atoms with E-state index in [0.717, 1.165) is 16.9 Å². The molecule has 0 fully saturated rings. The first-order valence-corrected chi connectivity index (χ1v) is 6.57. The van der Waals surface area contributed by atoms with Gasteiger partial charge in [0.15, 0.2) is 0 Å². The van der Waals surface area contributed by atoms with Crippen LogP contribution in [0.3, 0.4) is 0 Å². The molecule has 0 atom stereocenters. The van der Waals surface area contributed by atoms with Crippen molar-refractivity contribution in [3.8, 4) is 5.75 Å². The Bertz CT molecular complexity index is 350. The average molecular weight is 224 g/mol. The second-order valence-corrected chi connectivity index (χ2v) is 5.86. The summed E-state index contributed by atoms with van der Waals surface area (Å²) in [5.41, 5.74) is 3.32. The molecule has 1 N–H and O–H groups in total. The van der Waals surface area contributed by atoms with Gasteiger partial charge >= 0.3 is 0 Å². The maximum Gasteiger partial charge on any atom is 0.122 e. The first-order chi connectivity index (χ1) is 6.86. The van der Waals surface area contributed by atoms with Gasteiger partial charge in [-0.15, -0.1) is 0 Å². The third-order valence-corrected chi connectivity index (χ3v) is 3.10. The first kappa shape index (κ1) is 12.4. The third-order valence-electron chi connectivity index (χ3n) is 2.48. The van der Waals surface area contributed by atoms with E-state index in [4.69, 9.17) is 0 Å². The number of rotatable bonds is 2. The Morgan fingerprint density at radius 2 is 1.87 bits per heavy atom. The predicted octanol–water partition coefficient (Wildman–Crippen LogP) is 3.86. The number of aromatic hydroxyl groups is 1. The minimum absolute atomic E-state index is 0.00324. The van der Waals surface area contributed by atoms with Gasteiger partial charge in [0.25, 0.3) is 0 Å². The van der Waals surface area contributed by atoms with Crippen molar-refractivity contribution in [2.75, 3.05) is 6.26 Å². The van der Waals surface area contributed by atoms with Gasteiger partial charge in [0.05, 0.1) is 0 Å². The van der Waals surface area contributed by atoms with E-state index in [1.807, 2.05) is 6.92 Å². The molecule has 2 heteroatoms. The molecule has 0 aliphatic heterocycles. The summed E-state index contributed by atoms with van der Waals surface area (Å²) in [6.45, 7) is 8.35. The van der Waals surface area contributed by atoms with Crippen molar-refractivity contribution in [2.24, 2.45) is 0 Å². The first-order valence-electron chi connectivity index (χ1n) is 5.18. The number of phenolic OH excluding ortho intramolecular Hbond substituents is 1. The van der Waals surface area contributed by atoms with Crippen molar-refractivity contribution in [3.05, 3.63) is 28.8 Å². The molecule has 0 saturated carbocycles. The minimum atomic E-state index is 0.00324. The summed E-state index contributed by atoms with van der Waals surface area (Å²) in [5.74, 6) is 1.46. The second kappa shape index (κ2) is 4.48. The van der Waals surface area contributed by atoms with Crippen molar-refractivity contribution in [1.29, 1.82) is 0 Å². The van der Waals surface area contributed by atoms with Crippen molar-refractivity contribution in [1.82, 2.24) is 0 Å². The Labute approximate surface area is 96.9 Å². The van der Waals surface area contributed by atoms with E-state index in [9.17, 15) is 5.11 Å². The highest BCUT2D eigenvalue weighted by molar-refractivity contribution is 7.97. The summed E-state index contributed by atoms with van der Waals surface area (Å²) in [5, 5.41) is 10.0. The van der Waals surface area contributed by atoms with Gasteiger partial charge in [-0.25, -0.2) is 0 Å². The van der Waals surface area contributed by atoms with Gasteiger partial charge in [0.1, 0.15) is 5.75 Å². The number of phenols is 1. The highest BCUT2D eigenvalue weighted by Crippen LogP contribution is 2.34. The summed E-state index contributed by atoms with van der Waals surface area (Å²) < 4.78 is 0. The lowest BCUT2D eigenvalue weighted by Crippen LogP contribution is -2.12. The third kappa shape index (κ3) is 2.91. The van der Waals surface area contributed by atoms with Crippen LogP contribution in [0.15, 0.2) is 12.1 Å². The number of aryl methyl sites for hydroxylation is 1. The zero-order chi connectivity index (χ0) is 11.6. The molecule has 1 aromatic rings. The van der Waals surface area contributed by atoms with Crippen molar-refractivity contribution >= 4 is 11.8 Å². The van der Waals surface area contributed by atoms with Crippen LogP contribution >= 0.6 is 11.8 Å². The fourth-order valence-corrected chi connectivity index (χ4v) is 2.18. The van der Waals surface area contributed by atoms with E-state index in [1.165, 1.54) is 5.56 Å². The van der Waals surface area contributed by atoms with E-state index in [2.05, 4.69) is 39.2 Å². The second-order valence-electron chi connectivity index (χ2n) is 4.99. The van der Waals surface area contributed by atoms with Crippen molar-refractivity contribution in [2.45, 2.75) is 38.9 Å². The summed E-state index contributed by atoms with van der Waals surface area (Å²) in [7, 11) is 0. The van der Waals surface area contributed by atoms with E-state index >= 15 is 0 Å². The lowest BCUT2D eigenvalue weighted by atomic mass is 9.84. The molecule has 0 aromatic heterocycles. The molecule has 0 bridgehead atoms. The Morgan fingerprint density at radius 3 is 2.33 bits per heavy atom. The molecule has 0 aliphatic carbocycles. The Balaban J connectivity index is 3.25. The monoisotopic (exact) mass is 224 g/mol. The smallest absolute Gasteiger partial charge is 0.122 e. The maximum atomic E-state index is 10.0. The molecular formula is C13H20OS. The summed E-state index contributed by atoms with van der Waals surface area (Å²) in [6, 6.07) is 4.19. The molecule has 1 rings (SSSR count). The highest BCUT2D eigenvalue weighted by Gasteiger charge is 2.19. The van der Waals surface area contributed by atoms with Crippen LogP contribution in [0, 0.1) is 6.92 Å². The lowest BCUT2D eigenvalue weighted by Gasteiger charge is -2.22. The van der Waals surface area contributed by atoms with Gasteiger partial charge in [-0.3, -0.25) is 0 Å². The molecular weight excluding hydrogens is 204 g/mol. The van der Waals surface area contributed by atoms with Crippen molar-refractivity contribution in [3.63, 3.8) is 0 Å². The van der Waals surface area contributed by atoms with Gasteiger partial charge in [-0.05, 0) is 35.3 Å². The molecule has 15 heavy (non-hydrogen) atoms. The molecule has 0 unspecified atom stereocenters. The fraction of sp³-hybridized carbons (Fsp3) is 0.538. The fourth-order valence-electron chi connectivity index (χ4n) is 1.68. The molecule has 0 spiro atoms. The zero-order valence-electron chi connectivity index (χ0n) is 10.2. The standard InChI is InChI=1S/C13H20OS/c1-9-6-10(8-15-5)7-11(12(9)14)13(2,3)4/h6-7,14H,8H2,1-5H3. The molecule has 0 amide bonds. The predicted molar refractivity (Wildman–Crippen MR) is 68.8 cm³/mol. The van der Waals surface area contributed by atoms with E-state index in [1.54, 1.807) is 11.8 Å². The number of hydrogen-bond acceptors (Lipinski definition) is 2. The van der Waals surface area contributed by atoms with Crippen LogP contribution in [0.2, 0.25) is 0 Å². The SMILES string of the molecule is CSCc1cc(C)c(O)c(C(C)(C)C)c1. The van der Waals surface area contributed by atoms with Gasteiger partial charge in [0, 0.05) is 5.75 Å². The minimum Gasteiger partial charge on any atom is -0.507 e. The van der Waals surface area contributed by atoms with Crippen LogP contribution in [-0.4, -0.2) is 11.4 Å². The summed E-state index contributed by atoms with van der Waals surface area (Å²) in [4.78, 5) is 0. The zero-order valence-corrected chi connectivity index (χ0v) is 11.0. The quantitative estimate of drug-likeness (QED) is 0.823. The summed E-state index contributed by atoms with van der Waals surface area (Å²) in [6.07, 6.45) is 2.10. The van der Waals surface area contributed by atoms with Gasteiger partial charge in [0.2, 0.25) is 0 Å². The van der Waals surface area contributed by atoms with Crippen molar-refractivity contribution < 1.29 is 5.11 Å². The maximum absolute atomic E-state index is 10.0. The Kier molecular flexibility index (Phi) is 3.72. The molecule has 0 radical (unpaired) electrons. The van der Waals surface area contributed by atoms with Gasteiger partial charge < -0.3 is 5.11 Å². The molecule has 0 heterocycles. The lowest BCUT2D eigenvalue weighted by molar-refractivity contribution is 0.442. The number of thioether (sulfide) groups is 1. The molecule has 1 aromatic carbocycles. The van der Waals surface area contributed by atoms with Crippen LogP contribution in [0.1, 0.15) is 37.5 Å². The summed E-state index contributed by atoms with van der Waals surface area (Å²) >= 11 is 1.81. The van der Waals surface area contributed by atoms with Gasteiger partial charge in [-0.2, -0.15) is 11.8 Å². The van der Waals surface area contributed by atoms with Crippen LogP contribution in [0.5, 0.6) is 5.75 Å². The van der Waals surface area contributed by atoms with Crippen LogP contribution in [0.4, 0.5) is 0 Å². The van der Waals surface area contributed by atoms with E-state index in [0.29, 0.717) is 5.75 Å². The largest absolute Gasteiger partial charge is 0.507 e. The number of benzene rings is 1. The van der Waals surface area contributed by atoms with Crippen LogP contribution < -0.4 is 0 Å². The Morgan fingerprint density at radius 1 is 1.27 bits per heavy atom. The molecule has 1 nitrogen and oxygen atoms in total. The van der Waals surface area contributed by atoms with E-state index < -0.39 is 0 Å². The normalized spacial score (nSPS) is 11.8. The molecule has 0 aliphatic rings. The highest BCUT2D eigenvalue weighted by atomic mass is 32.2. The molecule has 84 valence electrons. The topological polar surface area (TPSA) is 20.2 Å². The van der Waals surface area contributed by atoms with Crippen LogP contribution in [-0.2, 0) is 11.2 Å². The average Bonchev–Trinajstić information content (AvgIpc) is 2.09. The Hall–Kier alpha value is -0.630. The molecule has 0 saturated heterocycles. The van der Waals surface area contributed by atoms with Gasteiger partial charge in [-0.1, -0.05) is 32.9 Å². The van der Waals surface area contributed by atoms with Crippen LogP contribution in [0.25, 0.3) is 0 Å².